The van der Waals surface area contributed by atoms with Crippen LogP contribution in [0.3, 0.4) is 0 Å². The summed E-state index contributed by atoms with van der Waals surface area (Å²) < 4.78 is 14.0. The van der Waals surface area contributed by atoms with E-state index in [1.165, 1.54) is 5.56 Å². The lowest BCUT2D eigenvalue weighted by Gasteiger charge is -2.33. The Kier molecular flexibility index (Phi) is 4.05. The summed E-state index contributed by atoms with van der Waals surface area (Å²) in [5.74, 6) is 1.04. The zero-order valence-electron chi connectivity index (χ0n) is 18.4. The van der Waals surface area contributed by atoms with E-state index in [4.69, 9.17) is 8.83 Å². The summed E-state index contributed by atoms with van der Waals surface area (Å²) in [4.78, 5) is 27.4. The van der Waals surface area contributed by atoms with Crippen LogP contribution in [0.2, 0.25) is 0 Å². The smallest absolute Gasteiger partial charge is 0.312 e. The molecule has 0 bridgehead atoms. The monoisotopic (exact) mass is 455 g/mol. The SMILES string of the molecule is Cn1cncc1-c1nnc(C(=O)N2CCc3[nH]cnc3[C@@H]2c2oc3ccccc3c2C2CC2)o1. The largest absolute Gasteiger partial charge is 0.458 e. The highest BCUT2D eigenvalue weighted by atomic mass is 16.4. The van der Waals surface area contributed by atoms with E-state index in [0.717, 1.165) is 41.0 Å². The van der Waals surface area contributed by atoms with Gasteiger partial charge in [0.2, 0.25) is 0 Å². The molecule has 7 rings (SSSR count). The normalized spacial score (nSPS) is 17.9. The second-order valence-corrected chi connectivity index (χ2v) is 8.87. The van der Waals surface area contributed by atoms with Gasteiger partial charge in [-0.2, -0.15) is 0 Å². The predicted octanol–water partition coefficient (Wildman–Crippen LogP) is 3.60. The van der Waals surface area contributed by atoms with Crippen LogP contribution in [0.5, 0.6) is 0 Å². The molecule has 170 valence electrons. The maximum absolute atomic E-state index is 13.7. The van der Waals surface area contributed by atoms with Crippen molar-refractivity contribution in [1.82, 2.24) is 34.6 Å². The number of para-hydroxylation sites is 1. The maximum Gasteiger partial charge on any atom is 0.312 e. The van der Waals surface area contributed by atoms with Gasteiger partial charge in [-0.05, 0) is 24.8 Å². The summed E-state index contributed by atoms with van der Waals surface area (Å²) >= 11 is 0. The average Bonchev–Trinajstić information content (AvgIpc) is 3.25. The number of aryl methyl sites for hydroxylation is 1. The fourth-order valence-corrected chi connectivity index (χ4v) is 4.94. The van der Waals surface area contributed by atoms with Gasteiger partial charge in [0.15, 0.2) is 0 Å². The molecule has 1 amide bonds. The second-order valence-electron chi connectivity index (χ2n) is 8.87. The van der Waals surface area contributed by atoms with Gasteiger partial charge in [0, 0.05) is 36.7 Å². The Hall–Kier alpha value is -4.21. The number of aromatic nitrogens is 6. The molecule has 1 atom stereocenters. The highest BCUT2D eigenvalue weighted by molar-refractivity contribution is 5.91. The molecule has 1 saturated carbocycles. The first-order chi connectivity index (χ1) is 16.7. The van der Waals surface area contributed by atoms with Crippen molar-refractivity contribution in [2.75, 3.05) is 6.54 Å². The molecule has 1 aliphatic heterocycles. The summed E-state index contributed by atoms with van der Waals surface area (Å²) in [6, 6.07) is 7.58. The molecule has 2 aliphatic rings. The molecule has 0 spiro atoms. The maximum atomic E-state index is 13.7. The number of hydrogen-bond donors (Lipinski definition) is 1. The summed E-state index contributed by atoms with van der Waals surface area (Å²) in [5.41, 5.74) is 4.45. The Bertz CT molecular complexity index is 1540. The van der Waals surface area contributed by atoms with Gasteiger partial charge in [0.05, 0.1) is 24.5 Å². The fourth-order valence-electron chi connectivity index (χ4n) is 4.94. The number of nitrogens with one attached hydrogen (secondary N) is 1. The first kappa shape index (κ1) is 19.3. The number of imidazole rings is 2. The van der Waals surface area contributed by atoms with Crippen molar-refractivity contribution in [1.29, 1.82) is 0 Å². The van der Waals surface area contributed by atoms with Crippen LogP contribution in [0.1, 0.15) is 58.2 Å². The molecule has 10 nitrogen and oxygen atoms in total. The molecule has 1 fully saturated rings. The molecule has 0 unspecified atom stereocenters. The Morgan fingerprint density at radius 2 is 2.06 bits per heavy atom. The molecule has 0 saturated heterocycles. The van der Waals surface area contributed by atoms with Crippen LogP contribution in [0, 0.1) is 0 Å². The molecule has 0 radical (unpaired) electrons. The van der Waals surface area contributed by atoms with Gasteiger partial charge >= 0.3 is 11.8 Å². The minimum absolute atomic E-state index is 0.0655. The van der Waals surface area contributed by atoms with Gasteiger partial charge in [-0.1, -0.05) is 18.2 Å². The third-order valence-electron chi connectivity index (χ3n) is 6.73. The molecule has 34 heavy (non-hydrogen) atoms. The number of carbonyl (C=O) groups is 1. The van der Waals surface area contributed by atoms with E-state index in [0.29, 0.717) is 24.6 Å². The number of hydrogen-bond acceptors (Lipinski definition) is 7. The number of H-pyrrole nitrogens is 1. The van der Waals surface area contributed by atoms with E-state index < -0.39 is 6.04 Å². The standard InChI is InChI=1S/C24H21N7O3/c1-30-12-25-10-16(30)22-28-29-23(34-22)24(32)31-9-8-15-19(27-11-26-15)20(31)21-18(13-6-7-13)14-4-2-3-5-17(14)33-21/h2-5,10-13,20H,6-9H2,1H3,(H,26,27)/t20-/m1/s1. The average molecular weight is 455 g/mol. The third-order valence-corrected chi connectivity index (χ3v) is 6.73. The summed E-state index contributed by atoms with van der Waals surface area (Å²) in [6.07, 6.45) is 7.82. The summed E-state index contributed by atoms with van der Waals surface area (Å²) in [6.45, 7) is 0.475. The van der Waals surface area contributed by atoms with E-state index in [-0.39, 0.29) is 17.7 Å². The first-order valence-corrected chi connectivity index (χ1v) is 11.3. The van der Waals surface area contributed by atoms with E-state index >= 15 is 0 Å². The van der Waals surface area contributed by atoms with Gasteiger partial charge in [0.25, 0.3) is 5.89 Å². The van der Waals surface area contributed by atoms with Crippen LogP contribution in [-0.4, -0.2) is 47.1 Å². The van der Waals surface area contributed by atoms with Gasteiger partial charge < -0.3 is 23.3 Å². The van der Waals surface area contributed by atoms with Crippen LogP contribution in [0.4, 0.5) is 0 Å². The van der Waals surface area contributed by atoms with Gasteiger partial charge in [-0.25, -0.2) is 9.97 Å². The van der Waals surface area contributed by atoms with E-state index in [2.05, 4.69) is 31.2 Å². The quantitative estimate of drug-likeness (QED) is 0.440. The predicted molar refractivity (Wildman–Crippen MR) is 120 cm³/mol. The van der Waals surface area contributed by atoms with E-state index in [1.807, 2.05) is 25.2 Å². The highest BCUT2D eigenvalue weighted by Crippen LogP contribution is 2.50. The van der Waals surface area contributed by atoms with E-state index in [1.54, 1.807) is 28.3 Å². The highest BCUT2D eigenvalue weighted by Gasteiger charge is 2.42. The molecular formula is C24H21N7O3. The Balaban J connectivity index is 1.34. The number of nitrogens with zero attached hydrogens (tertiary/aromatic N) is 6. The van der Waals surface area contributed by atoms with E-state index in [9.17, 15) is 4.79 Å². The van der Waals surface area contributed by atoms with Crippen LogP contribution < -0.4 is 0 Å². The third kappa shape index (κ3) is 2.84. The molecule has 5 aromatic rings. The lowest BCUT2D eigenvalue weighted by molar-refractivity contribution is 0.0631. The number of fused-ring (bicyclic) bond motifs is 2. The van der Waals surface area contributed by atoms with Crippen molar-refractivity contribution in [2.45, 2.75) is 31.2 Å². The Labute approximate surface area is 193 Å². The Morgan fingerprint density at radius 1 is 1.18 bits per heavy atom. The Morgan fingerprint density at radius 3 is 2.88 bits per heavy atom. The minimum Gasteiger partial charge on any atom is -0.458 e. The fraction of sp³-hybridized carbons (Fsp3) is 0.292. The summed E-state index contributed by atoms with van der Waals surface area (Å²) in [7, 11) is 1.83. The molecule has 1 N–H and O–H groups in total. The molecule has 1 aliphatic carbocycles. The second kappa shape index (κ2) is 7.14. The minimum atomic E-state index is -0.474. The lowest BCUT2D eigenvalue weighted by atomic mass is 9.95. The van der Waals surface area contributed by atoms with Crippen LogP contribution in [-0.2, 0) is 13.5 Å². The molecule has 1 aromatic carbocycles. The van der Waals surface area contributed by atoms with Gasteiger partial charge in [-0.3, -0.25) is 4.79 Å². The van der Waals surface area contributed by atoms with Crippen molar-refractivity contribution in [3.63, 3.8) is 0 Å². The van der Waals surface area contributed by atoms with Gasteiger partial charge in [0.1, 0.15) is 23.1 Å². The van der Waals surface area contributed by atoms with Crippen molar-refractivity contribution >= 4 is 16.9 Å². The molecule has 5 heterocycles. The number of carbonyl (C=O) groups excluding carboxylic acids is 1. The van der Waals surface area contributed by atoms with Crippen LogP contribution in [0.25, 0.3) is 22.6 Å². The van der Waals surface area contributed by atoms with Gasteiger partial charge in [-0.15, -0.1) is 10.2 Å². The zero-order valence-corrected chi connectivity index (χ0v) is 18.4. The topological polar surface area (TPSA) is 119 Å². The lowest BCUT2D eigenvalue weighted by Crippen LogP contribution is -2.41. The molecular weight excluding hydrogens is 434 g/mol. The van der Waals surface area contributed by atoms with Crippen molar-refractivity contribution in [3.8, 4) is 11.6 Å². The number of aromatic amines is 1. The number of rotatable bonds is 4. The zero-order chi connectivity index (χ0) is 22.8. The molecule has 10 heteroatoms. The van der Waals surface area contributed by atoms with Crippen molar-refractivity contribution in [3.05, 3.63) is 71.7 Å². The van der Waals surface area contributed by atoms with Crippen molar-refractivity contribution in [2.24, 2.45) is 7.05 Å². The number of furan rings is 1. The first-order valence-electron chi connectivity index (χ1n) is 11.3. The van der Waals surface area contributed by atoms with Crippen LogP contribution >= 0.6 is 0 Å². The molecule has 4 aromatic heterocycles. The van der Waals surface area contributed by atoms with Crippen molar-refractivity contribution < 1.29 is 13.6 Å². The summed E-state index contributed by atoms with van der Waals surface area (Å²) in [5, 5.41) is 9.26. The van der Waals surface area contributed by atoms with Crippen LogP contribution in [0.15, 0.2) is 52.0 Å². The number of benzene rings is 1. The number of amides is 1.